The zero-order valence-corrected chi connectivity index (χ0v) is 11.4. The van der Waals surface area contributed by atoms with Crippen molar-refractivity contribution in [1.82, 2.24) is 10.2 Å². The van der Waals surface area contributed by atoms with Gasteiger partial charge in [-0.15, -0.1) is 0 Å². The average Bonchev–Trinajstić information content (AvgIpc) is 2.28. The number of anilines is 1. The third kappa shape index (κ3) is 4.84. The van der Waals surface area contributed by atoms with Gasteiger partial charge in [0.25, 0.3) is 5.91 Å². The van der Waals surface area contributed by atoms with Crippen molar-refractivity contribution in [3.63, 3.8) is 0 Å². The van der Waals surface area contributed by atoms with Crippen LogP contribution in [0.25, 0.3) is 0 Å². The van der Waals surface area contributed by atoms with E-state index in [0.717, 1.165) is 6.07 Å². The van der Waals surface area contributed by atoms with Crippen molar-refractivity contribution in [3.8, 4) is 0 Å². The van der Waals surface area contributed by atoms with Crippen LogP contribution in [0, 0.1) is 5.82 Å². The van der Waals surface area contributed by atoms with Gasteiger partial charge in [0, 0.05) is 18.7 Å². The van der Waals surface area contributed by atoms with Crippen LogP contribution in [0.3, 0.4) is 0 Å². The van der Waals surface area contributed by atoms with E-state index in [0.29, 0.717) is 6.54 Å². The molecule has 1 amide bonds. The molecule has 0 heterocycles. The molecule has 4 N–H and O–H groups in total. The molecule has 0 aromatic heterocycles. The van der Waals surface area contributed by atoms with E-state index < -0.39 is 17.3 Å². The molecule has 1 atom stereocenters. The first-order chi connectivity index (χ1) is 8.71. The topological polar surface area (TPSA) is 78.6 Å². The maximum absolute atomic E-state index is 13.0. The van der Waals surface area contributed by atoms with Crippen molar-refractivity contribution in [2.75, 3.05) is 32.9 Å². The lowest BCUT2D eigenvalue weighted by Crippen LogP contribution is -2.47. The highest BCUT2D eigenvalue weighted by Gasteiger charge is 2.22. The molecule has 0 saturated heterocycles. The quantitative estimate of drug-likeness (QED) is 0.678. The van der Waals surface area contributed by atoms with Crippen molar-refractivity contribution in [3.05, 3.63) is 29.6 Å². The van der Waals surface area contributed by atoms with Crippen LogP contribution < -0.4 is 11.1 Å². The molecule has 0 bridgehead atoms. The summed E-state index contributed by atoms with van der Waals surface area (Å²) in [6, 6.07) is 3.76. The number of carbonyl (C=O) groups excluding carboxylic acids is 1. The molecule has 1 aromatic carbocycles. The Hall–Kier alpha value is -1.66. The summed E-state index contributed by atoms with van der Waals surface area (Å²) in [5.74, 6) is -0.957. The zero-order chi connectivity index (χ0) is 14.6. The van der Waals surface area contributed by atoms with Crippen LogP contribution in [0.1, 0.15) is 17.3 Å². The number of benzene rings is 1. The first-order valence-corrected chi connectivity index (χ1v) is 5.91. The number of hydrogen-bond acceptors (Lipinski definition) is 4. The van der Waals surface area contributed by atoms with Crippen molar-refractivity contribution in [2.24, 2.45) is 0 Å². The molecule has 0 aliphatic heterocycles. The molecule has 1 aromatic rings. The van der Waals surface area contributed by atoms with E-state index in [2.05, 4.69) is 5.32 Å². The third-order valence-electron chi connectivity index (χ3n) is 2.54. The van der Waals surface area contributed by atoms with Crippen molar-refractivity contribution < 1.29 is 14.3 Å². The highest BCUT2D eigenvalue weighted by atomic mass is 19.1. The Balaban J connectivity index is 2.62. The highest BCUT2D eigenvalue weighted by molar-refractivity contribution is 5.95. The highest BCUT2D eigenvalue weighted by Crippen LogP contribution is 2.12. The second-order valence-electron chi connectivity index (χ2n) is 5.15. The van der Waals surface area contributed by atoms with Gasteiger partial charge < -0.3 is 21.1 Å². The number of nitrogens with zero attached hydrogens (tertiary/aromatic N) is 1. The number of nitrogen functional groups attached to an aromatic ring is 1. The minimum atomic E-state index is -1.04. The Bertz CT molecular complexity index is 461. The number of halogens is 1. The zero-order valence-electron chi connectivity index (χ0n) is 11.4. The molecule has 106 valence electrons. The fourth-order valence-corrected chi connectivity index (χ4v) is 1.79. The van der Waals surface area contributed by atoms with Crippen LogP contribution in [0.15, 0.2) is 18.2 Å². The number of rotatable bonds is 5. The van der Waals surface area contributed by atoms with Crippen LogP contribution in [0.4, 0.5) is 10.1 Å². The summed E-state index contributed by atoms with van der Waals surface area (Å²) in [5, 5.41) is 12.6. The average molecular weight is 269 g/mol. The number of likely N-dealkylation sites (N-methyl/N-ethyl adjacent to an activating group) is 1. The molecule has 0 radical (unpaired) electrons. The first kappa shape index (κ1) is 15.4. The van der Waals surface area contributed by atoms with Gasteiger partial charge in [0.15, 0.2) is 0 Å². The summed E-state index contributed by atoms with van der Waals surface area (Å²) in [5.41, 5.74) is 4.55. The molecule has 6 heteroatoms. The number of carbonyl (C=O) groups is 1. The summed E-state index contributed by atoms with van der Waals surface area (Å²) in [4.78, 5) is 13.6. The molecule has 0 spiro atoms. The largest absolute Gasteiger partial charge is 0.396 e. The molecule has 1 unspecified atom stereocenters. The maximum Gasteiger partial charge on any atom is 0.251 e. The van der Waals surface area contributed by atoms with E-state index in [1.54, 1.807) is 6.92 Å². The fourth-order valence-electron chi connectivity index (χ4n) is 1.79. The summed E-state index contributed by atoms with van der Waals surface area (Å²) in [7, 11) is 3.66. The molecule has 0 aliphatic rings. The molecule has 0 fully saturated rings. The summed E-state index contributed by atoms with van der Waals surface area (Å²) >= 11 is 0. The van der Waals surface area contributed by atoms with Crippen LogP contribution in [0.2, 0.25) is 0 Å². The number of aliphatic hydroxyl groups is 1. The molecular weight excluding hydrogens is 249 g/mol. The van der Waals surface area contributed by atoms with E-state index in [9.17, 15) is 14.3 Å². The van der Waals surface area contributed by atoms with E-state index in [-0.39, 0.29) is 17.8 Å². The Labute approximate surface area is 112 Å². The molecule has 5 nitrogen and oxygen atoms in total. The predicted molar refractivity (Wildman–Crippen MR) is 72.3 cm³/mol. The summed E-state index contributed by atoms with van der Waals surface area (Å²) in [6.45, 7) is 2.15. The van der Waals surface area contributed by atoms with Gasteiger partial charge in [-0.1, -0.05) is 0 Å². The minimum absolute atomic E-state index is 0.0762. The molecule has 0 saturated carbocycles. The second kappa shape index (κ2) is 5.99. The summed E-state index contributed by atoms with van der Waals surface area (Å²) < 4.78 is 13.0. The van der Waals surface area contributed by atoms with E-state index in [4.69, 9.17) is 5.73 Å². The van der Waals surface area contributed by atoms with E-state index >= 15 is 0 Å². The normalized spacial score (nSPS) is 14.2. The Kier molecular flexibility index (Phi) is 4.85. The second-order valence-corrected chi connectivity index (χ2v) is 5.15. The van der Waals surface area contributed by atoms with Crippen LogP contribution in [-0.2, 0) is 0 Å². The number of nitrogens with one attached hydrogen (secondary N) is 1. The van der Waals surface area contributed by atoms with E-state index in [1.807, 2.05) is 19.0 Å². The third-order valence-corrected chi connectivity index (χ3v) is 2.54. The number of amides is 1. The van der Waals surface area contributed by atoms with Gasteiger partial charge in [-0.25, -0.2) is 4.39 Å². The van der Waals surface area contributed by atoms with Gasteiger partial charge in [0.05, 0.1) is 11.3 Å². The molecule has 19 heavy (non-hydrogen) atoms. The van der Waals surface area contributed by atoms with Gasteiger partial charge in [-0.3, -0.25) is 4.79 Å². The lowest BCUT2D eigenvalue weighted by Gasteiger charge is -2.27. The van der Waals surface area contributed by atoms with Gasteiger partial charge >= 0.3 is 0 Å². The lowest BCUT2D eigenvalue weighted by molar-refractivity contribution is 0.0326. The van der Waals surface area contributed by atoms with Gasteiger partial charge in [0.1, 0.15) is 5.82 Å². The van der Waals surface area contributed by atoms with Crippen LogP contribution >= 0.6 is 0 Å². The van der Waals surface area contributed by atoms with Gasteiger partial charge in [-0.2, -0.15) is 0 Å². The summed E-state index contributed by atoms with van der Waals surface area (Å²) in [6.07, 6.45) is 0. The van der Waals surface area contributed by atoms with E-state index in [1.165, 1.54) is 12.1 Å². The first-order valence-electron chi connectivity index (χ1n) is 5.91. The fraction of sp³-hybridized carbons (Fsp3) is 0.462. The Morgan fingerprint density at radius 1 is 1.53 bits per heavy atom. The monoisotopic (exact) mass is 269 g/mol. The molecule has 0 aliphatic carbocycles. The van der Waals surface area contributed by atoms with Gasteiger partial charge in [-0.05, 0) is 39.2 Å². The minimum Gasteiger partial charge on any atom is -0.396 e. The van der Waals surface area contributed by atoms with Crippen LogP contribution in [0.5, 0.6) is 0 Å². The maximum atomic E-state index is 13.0. The number of hydrogen-bond donors (Lipinski definition) is 3. The number of nitrogens with two attached hydrogens (primary N) is 1. The Morgan fingerprint density at radius 3 is 2.68 bits per heavy atom. The predicted octanol–water partition coefficient (Wildman–Crippen LogP) is 0.450. The van der Waals surface area contributed by atoms with Crippen molar-refractivity contribution in [2.45, 2.75) is 12.5 Å². The molecular formula is C13H20FN3O2. The van der Waals surface area contributed by atoms with Crippen LogP contribution in [-0.4, -0.2) is 48.7 Å². The standard InChI is InChI=1S/C13H20FN3O2/c1-13(19,8-17(2)3)7-16-12(18)9-4-5-10(14)11(15)6-9/h4-6,19H,7-8,15H2,1-3H3,(H,16,18). The lowest BCUT2D eigenvalue weighted by atomic mass is 10.1. The Morgan fingerprint density at radius 2 is 2.16 bits per heavy atom. The van der Waals surface area contributed by atoms with Gasteiger partial charge in [0.2, 0.25) is 0 Å². The van der Waals surface area contributed by atoms with Crippen molar-refractivity contribution in [1.29, 1.82) is 0 Å². The smallest absolute Gasteiger partial charge is 0.251 e. The SMILES string of the molecule is CN(C)CC(C)(O)CNC(=O)c1ccc(F)c(N)c1. The van der Waals surface area contributed by atoms with Crippen molar-refractivity contribution >= 4 is 11.6 Å². The molecule has 1 rings (SSSR count).